The van der Waals surface area contributed by atoms with Crippen molar-refractivity contribution in [3.63, 3.8) is 0 Å². The molecule has 0 aliphatic carbocycles. The lowest BCUT2D eigenvalue weighted by Gasteiger charge is -2.16. The molecule has 0 atom stereocenters. The highest BCUT2D eigenvalue weighted by atomic mass is 16.5. The van der Waals surface area contributed by atoms with Crippen molar-refractivity contribution in [2.45, 2.75) is 13.8 Å². The summed E-state index contributed by atoms with van der Waals surface area (Å²) in [5, 5.41) is 8.81. The predicted molar refractivity (Wildman–Crippen MR) is 56.5 cm³/mol. The quantitative estimate of drug-likeness (QED) is 0.530. The van der Waals surface area contributed by atoms with Gasteiger partial charge in [-0.2, -0.15) is 5.26 Å². The molecule has 0 amide bonds. The minimum absolute atomic E-state index is 0.764. The zero-order chi connectivity index (χ0) is 10.7. The lowest BCUT2D eigenvalue weighted by molar-refractivity contribution is 0.412. The van der Waals surface area contributed by atoms with E-state index < -0.39 is 0 Å². The number of rotatable bonds is 2. The normalized spacial score (nSPS) is 9.36. The molecule has 0 heterocycles. The Hall–Kier alpha value is -1.69. The summed E-state index contributed by atoms with van der Waals surface area (Å²) in [6, 6.07) is 3.97. The number of anilines is 1. The second kappa shape index (κ2) is 4.01. The summed E-state index contributed by atoms with van der Waals surface area (Å²) in [7, 11) is 3.34. The Bertz CT molecular complexity index is 380. The Morgan fingerprint density at radius 2 is 2.00 bits per heavy atom. The molecule has 0 aromatic heterocycles. The zero-order valence-electron chi connectivity index (χ0n) is 8.96. The standard InChI is InChI=1S/C11H14N2O/c1-8-5-9(2)11(14-4)10(6-8)13(3)7-12/h5-6H,1-4H3. The summed E-state index contributed by atoms with van der Waals surface area (Å²) < 4.78 is 5.26. The Balaban J connectivity index is 3.33. The monoisotopic (exact) mass is 190 g/mol. The predicted octanol–water partition coefficient (Wildman–Crippen LogP) is 2.23. The number of nitriles is 1. The van der Waals surface area contributed by atoms with Crippen LogP contribution in [0.5, 0.6) is 5.75 Å². The summed E-state index contributed by atoms with van der Waals surface area (Å²) in [6.07, 6.45) is 2.06. The second-order valence-corrected chi connectivity index (χ2v) is 3.29. The molecule has 74 valence electrons. The maximum Gasteiger partial charge on any atom is 0.184 e. The van der Waals surface area contributed by atoms with E-state index in [9.17, 15) is 0 Å². The zero-order valence-corrected chi connectivity index (χ0v) is 8.96. The third-order valence-corrected chi connectivity index (χ3v) is 2.11. The van der Waals surface area contributed by atoms with Crippen LogP contribution < -0.4 is 9.64 Å². The average molecular weight is 190 g/mol. The van der Waals surface area contributed by atoms with E-state index in [4.69, 9.17) is 10.00 Å². The number of benzene rings is 1. The van der Waals surface area contributed by atoms with Gasteiger partial charge in [0.2, 0.25) is 0 Å². The van der Waals surface area contributed by atoms with Crippen LogP contribution in [0.4, 0.5) is 5.69 Å². The molecule has 3 nitrogen and oxygen atoms in total. The maximum absolute atomic E-state index is 8.81. The van der Waals surface area contributed by atoms with E-state index in [0.29, 0.717) is 0 Å². The van der Waals surface area contributed by atoms with E-state index in [1.54, 1.807) is 14.2 Å². The smallest absolute Gasteiger partial charge is 0.184 e. The van der Waals surface area contributed by atoms with E-state index in [1.807, 2.05) is 26.0 Å². The molecular formula is C11H14N2O. The fourth-order valence-electron chi connectivity index (χ4n) is 1.50. The van der Waals surface area contributed by atoms with E-state index in [0.717, 1.165) is 22.6 Å². The van der Waals surface area contributed by atoms with Gasteiger partial charge in [0.05, 0.1) is 12.8 Å². The molecule has 1 aromatic carbocycles. The number of hydrogen-bond donors (Lipinski definition) is 0. The third-order valence-electron chi connectivity index (χ3n) is 2.11. The molecule has 0 saturated carbocycles. The molecule has 0 N–H and O–H groups in total. The number of methoxy groups -OCH3 is 1. The number of ether oxygens (including phenoxy) is 1. The minimum atomic E-state index is 0.764. The number of hydrogen-bond acceptors (Lipinski definition) is 3. The summed E-state index contributed by atoms with van der Waals surface area (Å²) in [5.41, 5.74) is 2.98. The minimum Gasteiger partial charge on any atom is -0.494 e. The van der Waals surface area contributed by atoms with Crippen molar-refractivity contribution in [2.75, 3.05) is 19.1 Å². The molecule has 1 rings (SSSR count). The van der Waals surface area contributed by atoms with Crippen molar-refractivity contribution >= 4 is 5.69 Å². The molecule has 0 aliphatic rings. The fraction of sp³-hybridized carbons (Fsp3) is 0.364. The maximum atomic E-state index is 8.81. The van der Waals surface area contributed by atoms with E-state index in [-0.39, 0.29) is 0 Å². The Kier molecular flexibility index (Phi) is 2.98. The summed E-state index contributed by atoms with van der Waals surface area (Å²) in [5.74, 6) is 0.764. The fourth-order valence-corrected chi connectivity index (χ4v) is 1.50. The average Bonchev–Trinajstić information content (AvgIpc) is 2.15. The van der Waals surface area contributed by atoms with Gasteiger partial charge in [0.1, 0.15) is 5.75 Å². The molecule has 0 radical (unpaired) electrons. The van der Waals surface area contributed by atoms with Crippen LogP contribution in [0.25, 0.3) is 0 Å². The van der Waals surface area contributed by atoms with Crippen molar-refractivity contribution in [1.82, 2.24) is 0 Å². The van der Waals surface area contributed by atoms with Gasteiger partial charge < -0.3 is 4.74 Å². The number of aryl methyl sites for hydroxylation is 2. The molecular weight excluding hydrogens is 176 g/mol. The third kappa shape index (κ3) is 1.80. The van der Waals surface area contributed by atoms with E-state index >= 15 is 0 Å². The molecule has 14 heavy (non-hydrogen) atoms. The van der Waals surface area contributed by atoms with Crippen molar-refractivity contribution in [3.8, 4) is 11.9 Å². The van der Waals surface area contributed by atoms with Crippen molar-refractivity contribution in [3.05, 3.63) is 23.3 Å². The van der Waals surface area contributed by atoms with Gasteiger partial charge in [-0.15, -0.1) is 0 Å². The van der Waals surface area contributed by atoms with Gasteiger partial charge in [0.15, 0.2) is 6.19 Å². The Morgan fingerprint density at radius 3 is 2.50 bits per heavy atom. The van der Waals surface area contributed by atoms with Crippen LogP contribution in [0, 0.1) is 25.3 Å². The second-order valence-electron chi connectivity index (χ2n) is 3.29. The van der Waals surface area contributed by atoms with Crippen LogP contribution in [0.2, 0.25) is 0 Å². The topological polar surface area (TPSA) is 36.3 Å². The molecule has 0 bridgehead atoms. The van der Waals surface area contributed by atoms with Crippen LogP contribution in [0.15, 0.2) is 12.1 Å². The first-order valence-electron chi connectivity index (χ1n) is 4.39. The summed E-state index contributed by atoms with van der Waals surface area (Å²) in [6.45, 7) is 3.97. The summed E-state index contributed by atoms with van der Waals surface area (Å²) in [4.78, 5) is 1.50. The van der Waals surface area contributed by atoms with Gasteiger partial charge in [-0.1, -0.05) is 6.07 Å². The highest BCUT2D eigenvalue weighted by Gasteiger charge is 2.10. The molecule has 1 aromatic rings. The summed E-state index contributed by atoms with van der Waals surface area (Å²) >= 11 is 0. The van der Waals surface area contributed by atoms with Crippen molar-refractivity contribution < 1.29 is 4.74 Å². The van der Waals surface area contributed by atoms with Gasteiger partial charge in [0, 0.05) is 7.05 Å². The molecule has 0 saturated heterocycles. The van der Waals surface area contributed by atoms with Gasteiger partial charge in [-0.25, -0.2) is 0 Å². The highest BCUT2D eigenvalue weighted by molar-refractivity contribution is 5.64. The largest absolute Gasteiger partial charge is 0.494 e. The molecule has 0 spiro atoms. The Morgan fingerprint density at radius 1 is 1.36 bits per heavy atom. The van der Waals surface area contributed by atoms with Crippen LogP contribution in [0.1, 0.15) is 11.1 Å². The molecule has 0 fully saturated rings. The first kappa shape index (κ1) is 10.4. The van der Waals surface area contributed by atoms with Gasteiger partial charge in [-0.3, -0.25) is 4.90 Å². The molecule has 0 aliphatic heterocycles. The molecule has 0 unspecified atom stereocenters. The van der Waals surface area contributed by atoms with Gasteiger partial charge in [0.25, 0.3) is 0 Å². The van der Waals surface area contributed by atoms with E-state index in [2.05, 4.69) is 6.19 Å². The first-order chi connectivity index (χ1) is 6.60. The van der Waals surface area contributed by atoms with Crippen LogP contribution in [-0.4, -0.2) is 14.2 Å². The lowest BCUT2D eigenvalue weighted by Crippen LogP contribution is -2.10. The van der Waals surface area contributed by atoms with E-state index in [1.165, 1.54) is 4.90 Å². The molecule has 3 heteroatoms. The van der Waals surface area contributed by atoms with Crippen LogP contribution in [-0.2, 0) is 0 Å². The van der Waals surface area contributed by atoms with Crippen LogP contribution >= 0.6 is 0 Å². The van der Waals surface area contributed by atoms with Crippen LogP contribution in [0.3, 0.4) is 0 Å². The highest BCUT2D eigenvalue weighted by Crippen LogP contribution is 2.31. The lowest BCUT2D eigenvalue weighted by atomic mass is 10.1. The van der Waals surface area contributed by atoms with Crippen molar-refractivity contribution in [1.29, 1.82) is 5.26 Å². The Labute approximate surface area is 84.5 Å². The first-order valence-corrected chi connectivity index (χ1v) is 4.39. The van der Waals surface area contributed by atoms with Crippen molar-refractivity contribution in [2.24, 2.45) is 0 Å². The SMILES string of the molecule is COc1c(C)cc(C)cc1N(C)C#N. The van der Waals surface area contributed by atoms with Gasteiger partial charge >= 0.3 is 0 Å². The number of nitrogens with zero attached hydrogens (tertiary/aromatic N) is 2. The van der Waals surface area contributed by atoms with Gasteiger partial charge in [-0.05, 0) is 31.0 Å².